The molecular formula is C15H27NO3. The normalized spacial score (nSPS) is 18.9. The molecule has 1 aliphatic carbocycles. The highest BCUT2D eigenvalue weighted by Crippen LogP contribution is 2.25. The maximum Gasteiger partial charge on any atom is 0.308 e. The van der Waals surface area contributed by atoms with Crippen LogP contribution in [0.2, 0.25) is 0 Å². The molecule has 4 nitrogen and oxygen atoms in total. The molecule has 4 heteroatoms. The lowest BCUT2D eigenvalue weighted by molar-refractivity contribution is -0.143. The van der Waals surface area contributed by atoms with Crippen LogP contribution in [0, 0.1) is 17.8 Å². The number of carboxylic acid groups (broad SMARTS) is 1. The number of carbonyl (C=O) groups excluding carboxylic acids is 1. The van der Waals surface area contributed by atoms with Crippen molar-refractivity contribution in [2.45, 2.75) is 58.8 Å². The van der Waals surface area contributed by atoms with Gasteiger partial charge in [0.05, 0.1) is 5.92 Å². The van der Waals surface area contributed by atoms with E-state index < -0.39 is 11.9 Å². The average molecular weight is 269 g/mol. The number of amides is 1. The molecule has 0 aromatic rings. The predicted octanol–water partition coefficient (Wildman–Crippen LogP) is 2.82. The van der Waals surface area contributed by atoms with Crippen molar-refractivity contribution in [3.8, 4) is 0 Å². The molecule has 1 saturated carbocycles. The number of carbonyl (C=O) groups is 2. The van der Waals surface area contributed by atoms with E-state index in [1.165, 1.54) is 25.7 Å². The van der Waals surface area contributed by atoms with E-state index in [1.54, 1.807) is 0 Å². The van der Waals surface area contributed by atoms with Crippen LogP contribution in [0.1, 0.15) is 58.8 Å². The lowest BCUT2D eigenvalue weighted by Crippen LogP contribution is -2.36. The molecule has 0 spiro atoms. The summed E-state index contributed by atoms with van der Waals surface area (Å²) < 4.78 is 0. The van der Waals surface area contributed by atoms with Crippen molar-refractivity contribution >= 4 is 11.9 Å². The fourth-order valence-electron chi connectivity index (χ4n) is 2.73. The molecule has 0 bridgehead atoms. The van der Waals surface area contributed by atoms with Crippen molar-refractivity contribution in [3.05, 3.63) is 0 Å². The fraction of sp³-hybridized carbons (Fsp3) is 0.867. The fourth-order valence-corrected chi connectivity index (χ4v) is 2.73. The van der Waals surface area contributed by atoms with Gasteiger partial charge in [-0.2, -0.15) is 0 Å². The summed E-state index contributed by atoms with van der Waals surface area (Å²) in [6, 6.07) is 0. The molecular weight excluding hydrogens is 242 g/mol. The topological polar surface area (TPSA) is 66.4 Å². The van der Waals surface area contributed by atoms with Crippen LogP contribution in [0.3, 0.4) is 0 Å². The molecule has 1 rings (SSSR count). The molecule has 2 N–H and O–H groups in total. The van der Waals surface area contributed by atoms with Gasteiger partial charge in [0.1, 0.15) is 0 Å². The third-order valence-corrected chi connectivity index (χ3v) is 4.09. The monoisotopic (exact) mass is 269 g/mol. The Balaban J connectivity index is 2.31. The first-order valence-electron chi connectivity index (χ1n) is 7.50. The van der Waals surface area contributed by atoms with Gasteiger partial charge in [0, 0.05) is 13.0 Å². The van der Waals surface area contributed by atoms with E-state index in [0.29, 0.717) is 12.3 Å². The molecule has 1 aliphatic rings. The molecule has 0 heterocycles. The second-order valence-corrected chi connectivity index (χ2v) is 6.05. The number of carboxylic acids is 1. The van der Waals surface area contributed by atoms with Crippen molar-refractivity contribution in [1.82, 2.24) is 5.32 Å². The lowest BCUT2D eigenvalue weighted by atomic mass is 9.94. The molecule has 1 amide bonds. The van der Waals surface area contributed by atoms with Crippen molar-refractivity contribution in [1.29, 1.82) is 0 Å². The molecule has 0 aromatic heterocycles. The summed E-state index contributed by atoms with van der Waals surface area (Å²) >= 11 is 0. The summed E-state index contributed by atoms with van der Waals surface area (Å²) in [5, 5.41) is 11.9. The van der Waals surface area contributed by atoms with Crippen LogP contribution in [-0.2, 0) is 9.59 Å². The largest absolute Gasteiger partial charge is 0.481 e. The highest BCUT2D eigenvalue weighted by molar-refractivity contribution is 5.77. The molecule has 19 heavy (non-hydrogen) atoms. The van der Waals surface area contributed by atoms with Gasteiger partial charge in [-0.05, 0) is 24.7 Å². The van der Waals surface area contributed by atoms with Crippen LogP contribution in [0.4, 0.5) is 0 Å². The minimum atomic E-state index is -0.829. The number of aliphatic carboxylic acids is 1. The Hall–Kier alpha value is -1.06. The molecule has 0 aliphatic heterocycles. The van der Waals surface area contributed by atoms with Gasteiger partial charge in [0.25, 0.3) is 0 Å². The third-order valence-electron chi connectivity index (χ3n) is 4.09. The van der Waals surface area contributed by atoms with Crippen molar-refractivity contribution in [2.75, 3.05) is 6.54 Å². The Morgan fingerprint density at radius 1 is 1.16 bits per heavy atom. The van der Waals surface area contributed by atoms with E-state index >= 15 is 0 Å². The number of hydrogen-bond acceptors (Lipinski definition) is 2. The van der Waals surface area contributed by atoms with Crippen LogP contribution in [0.25, 0.3) is 0 Å². The van der Waals surface area contributed by atoms with Gasteiger partial charge < -0.3 is 10.4 Å². The van der Waals surface area contributed by atoms with E-state index in [1.807, 2.05) is 13.8 Å². The van der Waals surface area contributed by atoms with Gasteiger partial charge in [-0.1, -0.05) is 39.5 Å². The van der Waals surface area contributed by atoms with E-state index in [2.05, 4.69) is 5.32 Å². The zero-order valence-electron chi connectivity index (χ0n) is 12.2. The first-order valence-corrected chi connectivity index (χ1v) is 7.50. The summed E-state index contributed by atoms with van der Waals surface area (Å²) in [7, 11) is 0. The summed E-state index contributed by atoms with van der Waals surface area (Å²) in [4.78, 5) is 22.9. The van der Waals surface area contributed by atoms with Gasteiger partial charge in [0.15, 0.2) is 0 Å². The number of hydrogen-bond donors (Lipinski definition) is 2. The SMILES string of the molecule is CC(C)C(CNC(=O)CC1CCCCCC1)C(=O)O. The van der Waals surface area contributed by atoms with Gasteiger partial charge in [0.2, 0.25) is 5.91 Å². The third kappa shape index (κ3) is 6.08. The summed E-state index contributed by atoms with van der Waals surface area (Å²) in [6.45, 7) is 3.99. The van der Waals surface area contributed by atoms with Crippen LogP contribution >= 0.6 is 0 Å². The first-order chi connectivity index (χ1) is 9.00. The summed E-state index contributed by atoms with van der Waals surface area (Å²) in [5.41, 5.74) is 0. The zero-order chi connectivity index (χ0) is 14.3. The van der Waals surface area contributed by atoms with Crippen LogP contribution in [0.5, 0.6) is 0 Å². The zero-order valence-corrected chi connectivity index (χ0v) is 12.2. The predicted molar refractivity (Wildman–Crippen MR) is 74.8 cm³/mol. The lowest BCUT2D eigenvalue weighted by Gasteiger charge is -2.18. The van der Waals surface area contributed by atoms with Gasteiger partial charge in [-0.3, -0.25) is 9.59 Å². The Labute approximate surface area is 116 Å². The van der Waals surface area contributed by atoms with E-state index in [-0.39, 0.29) is 18.4 Å². The van der Waals surface area contributed by atoms with Crippen molar-refractivity contribution < 1.29 is 14.7 Å². The van der Waals surface area contributed by atoms with Gasteiger partial charge in [-0.25, -0.2) is 0 Å². The van der Waals surface area contributed by atoms with Crippen LogP contribution < -0.4 is 5.32 Å². The highest BCUT2D eigenvalue weighted by atomic mass is 16.4. The summed E-state index contributed by atoms with van der Waals surface area (Å²) in [5.74, 6) is -0.776. The van der Waals surface area contributed by atoms with E-state index in [9.17, 15) is 9.59 Å². The Kier molecular flexibility index (Phi) is 6.89. The van der Waals surface area contributed by atoms with E-state index in [4.69, 9.17) is 5.11 Å². The minimum Gasteiger partial charge on any atom is -0.481 e. The second-order valence-electron chi connectivity index (χ2n) is 6.05. The summed E-state index contributed by atoms with van der Waals surface area (Å²) in [6.07, 6.45) is 7.85. The standard InChI is InChI=1S/C15H27NO3/c1-11(2)13(15(18)19)10-16-14(17)9-12-7-5-3-4-6-8-12/h11-13H,3-10H2,1-2H3,(H,16,17)(H,18,19). The first kappa shape index (κ1) is 16.0. The molecule has 0 saturated heterocycles. The molecule has 1 unspecified atom stereocenters. The van der Waals surface area contributed by atoms with E-state index in [0.717, 1.165) is 12.8 Å². The number of nitrogens with one attached hydrogen (secondary N) is 1. The molecule has 1 atom stereocenters. The van der Waals surface area contributed by atoms with Crippen molar-refractivity contribution in [2.24, 2.45) is 17.8 Å². The maximum absolute atomic E-state index is 11.9. The van der Waals surface area contributed by atoms with Gasteiger partial charge in [-0.15, -0.1) is 0 Å². The molecule has 110 valence electrons. The smallest absolute Gasteiger partial charge is 0.308 e. The molecule has 0 radical (unpaired) electrons. The van der Waals surface area contributed by atoms with Crippen LogP contribution in [0.15, 0.2) is 0 Å². The van der Waals surface area contributed by atoms with Gasteiger partial charge >= 0.3 is 5.97 Å². The average Bonchev–Trinajstić information content (AvgIpc) is 2.56. The number of rotatable bonds is 6. The van der Waals surface area contributed by atoms with Crippen LogP contribution in [-0.4, -0.2) is 23.5 Å². The Morgan fingerprint density at radius 2 is 1.74 bits per heavy atom. The highest BCUT2D eigenvalue weighted by Gasteiger charge is 2.23. The maximum atomic E-state index is 11.9. The quantitative estimate of drug-likeness (QED) is 0.729. The minimum absolute atomic E-state index is 0.0128. The second kappa shape index (κ2) is 8.18. The molecule has 1 fully saturated rings. The Morgan fingerprint density at radius 3 is 2.21 bits per heavy atom. The molecule has 0 aromatic carbocycles. The van der Waals surface area contributed by atoms with Crippen molar-refractivity contribution in [3.63, 3.8) is 0 Å². The Bertz CT molecular complexity index is 294.